The van der Waals surface area contributed by atoms with Crippen LogP contribution in [0.25, 0.3) is 0 Å². The molecule has 0 atom stereocenters. The van der Waals surface area contributed by atoms with Crippen molar-refractivity contribution < 1.29 is 4.79 Å². The van der Waals surface area contributed by atoms with Gasteiger partial charge in [-0.25, -0.2) is 0 Å². The fourth-order valence-corrected chi connectivity index (χ4v) is 4.40. The van der Waals surface area contributed by atoms with Crippen molar-refractivity contribution >= 4 is 17.2 Å². The maximum Gasteiger partial charge on any atom is 0.261 e. The van der Waals surface area contributed by atoms with Gasteiger partial charge in [-0.2, -0.15) is 0 Å². The van der Waals surface area contributed by atoms with Crippen molar-refractivity contribution in [2.24, 2.45) is 0 Å². The Kier molecular flexibility index (Phi) is 7.50. The van der Waals surface area contributed by atoms with E-state index in [9.17, 15) is 4.79 Å². The highest BCUT2D eigenvalue weighted by Gasteiger charge is 2.22. The lowest BCUT2D eigenvalue weighted by Crippen LogP contribution is -2.44. The molecule has 1 aliphatic heterocycles. The molecule has 0 unspecified atom stereocenters. The minimum Gasteiger partial charge on any atom is -0.349 e. The van der Waals surface area contributed by atoms with Gasteiger partial charge in [0.2, 0.25) is 0 Å². The Bertz CT molecular complexity index is 564. The zero-order chi connectivity index (χ0) is 17.5. The van der Waals surface area contributed by atoms with Crippen LogP contribution in [0.1, 0.15) is 67.1 Å². The van der Waals surface area contributed by atoms with Gasteiger partial charge >= 0.3 is 0 Å². The molecular formula is C20H32N2OS. The van der Waals surface area contributed by atoms with E-state index in [1.165, 1.54) is 16.0 Å². The second kappa shape index (κ2) is 9.38. The average molecular weight is 349 g/mol. The van der Waals surface area contributed by atoms with Gasteiger partial charge in [0, 0.05) is 30.6 Å². The Balaban J connectivity index is 1.86. The van der Waals surface area contributed by atoms with Crippen LogP contribution in [0.5, 0.6) is 0 Å². The van der Waals surface area contributed by atoms with Crippen LogP contribution in [-0.4, -0.2) is 36.5 Å². The molecule has 1 saturated heterocycles. The van der Waals surface area contributed by atoms with Crippen molar-refractivity contribution in [1.29, 1.82) is 0 Å². The maximum absolute atomic E-state index is 12.6. The number of thiophene rings is 1. The molecule has 1 aromatic rings. The van der Waals surface area contributed by atoms with E-state index >= 15 is 0 Å². The summed E-state index contributed by atoms with van der Waals surface area (Å²) in [5.41, 5.74) is 2.72. The summed E-state index contributed by atoms with van der Waals surface area (Å²) in [4.78, 5) is 17.3. The van der Waals surface area contributed by atoms with Crippen molar-refractivity contribution in [2.45, 2.75) is 65.8 Å². The molecule has 1 aromatic heterocycles. The number of rotatable bonds is 7. The first kappa shape index (κ1) is 19.2. The molecule has 2 heterocycles. The third kappa shape index (κ3) is 5.45. The average Bonchev–Trinajstić information content (AvgIpc) is 2.98. The fourth-order valence-electron chi connectivity index (χ4n) is 3.14. The van der Waals surface area contributed by atoms with E-state index in [0.717, 1.165) is 56.6 Å². The van der Waals surface area contributed by atoms with E-state index in [0.29, 0.717) is 6.04 Å². The normalized spacial score (nSPS) is 16.2. The monoisotopic (exact) mass is 348 g/mol. The number of allylic oxidation sites excluding steroid dienone is 1. The number of nitrogens with one attached hydrogen (secondary N) is 1. The van der Waals surface area contributed by atoms with Crippen LogP contribution in [0.2, 0.25) is 0 Å². The van der Waals surface area contributed by atoms with Gasteiger partial charge in [0.1, 0.15) is 0 Å². The Morgan fingerprint density at radius 2 is 2.04 bits per heavy atom. The predicted octanol–water partition coefficient (Wildman–Crippen LogP) is 4.42. The number of amides is 1. The molecule has 0 spiro atoms. The van der Waals surface area contributed by atoms with Crippen LogP contribution < -0.4 is 5.32 Å². The van der Waals surface area contributed by atoms with E-state index in [1.54, 1.807) is 11.3 Å². The van der Waals surface area contributed by atoms with E-state index < -0.39 is 0 Å². The third-order valence-electron chi connectivity index (χ3n) is 4.66. The number of carbonyl (C=O) groups excluding carboxylic acids is 1. The second-order valence-electron chi connectivity index (χ2n) is 6.99. The summed E-state index contributed by atoms with van der Waals surface area (Å²) in [5, 5.41) is 3.26. The topological polar surface area (TPSA) is 32.3 Å². The second-order valence-corrected chi connectivity index (χ2v) is 8.13. The van der Waals surface area contributed by atoms with Crippen LogP contribution in [0.3, 0.4) is 0 Å². The number of carbonyl (C=O) groups is 1. The molecule has 0 bridgehead atoms. The lowest BCUT2D eigenvalue weighted by Gasteiger charge is -2.31. The lowest BCUT2D eigenvalue weighted by molar-refractivity contribution is 0.0918. The highest BCUT2D eigenvalue weighted by atomic mass is 32.1. The zero-order valence-electron chi connectivity index (χ0n) is 15.7. The fraction of sp³-hybridized carbons (Fsp3) is 0.650. The summed E-state index contributed by atoms with van der Waals surface area (Å²) in [6.45, 7) is 11.8. The Labute approximate surface area is 151 Å². The van der Waals surface area contributed by atoms with Gasteiger partial charge in [0.15, 0.2) is 0 Å². The van der Waals surface area contributed by atoms with Gasteiger partial charge in [0.05, 0.1) is 4.88 Å². The van der Waals surface area contributed by atoms with Crippen molar-refractivity contribution in [3.63, 3.8) is 0 Å². The van der Waals surface area contributed by atoms with E-state index in [-0.39, 0.29) is 5.91 Å². The molecule has 0 aromatic carbocycles. The Morgan fingerprint density at radius 1 is 1.33 bits per heavy atom. The van der Waals surface area contributed by atoms with Gasteiger partial charge < -0.3 is 5.32 Å². The summed E-state index contributed by atoms with van der Waals surface area (Å²) in [6.07, 6.45) is 7.63. The highest BCUT2D eigenvalue weighted by molar-refractivity contribution is 7.14. The molecule has 0 aliphatic carbocycles. The molecule has 0 radical (unpaired) electrons. The smallest absolute Gasteiger partial charge is 0.261 e. The van der Waals surface area contributed by atoms with Crippen LogP contribution in [0.4, 0.5) is 0 Å². The van der Waals surface area contributed by atoms with Crippen LogP contribution >= 0.6 is 11.3 Å². The first-order valence-electron chi connectivity index (χ1n) is 9.31. The van der Waals surface area contributed by atoms with Crippen molar-refractivity contribution in [3.05, 3.63) is 33.0 Å². The van der Waals surface area contributed by atoms with Gasteiger partial charge in [-0.05, 0) is 51.2 Å². The summed E-state index contributed by atoms with van der Waals surface area (Å²) >= 11 is 1.69. The van der Waals surface area contributed by atoms with Gasteiger partial charge in [-0.15, -0.1) is 11.3 Å². The van der Waals surface area contributed by atoms with Crippen molar-refractivity contribution in [1.82, 2.24) is 10.2 Å². The molecule has 4 heteroatoms. The highest BCUT2D eigenvalue weighted by Crippen LogP contribution is 2.25. The molecule has 1 aliphatic rings. The largest absolute Gasteiger partial charge is 0.349 e. The minimum absolute atomic E-state index is 0.125. The number of nitrogens with zero attached hydrogens (tertiary/aromatic N) is 1. The summed E-state index contributed by atoms with van der Waals surface area (Å²) in [6, 6.07) is 2.43. The first-order valence-corrected chi connectivity index (χ1v) is 10.1. The number of likely N-dealkylation sites (tertiary alicyclic amines) is 1. The third-order valence-corrected chi connectivity index (χ3v) is 5.89. The summed E-state index contributed by atoms with van der Waals surface area (Å²) in [5.74, 6) is 0.125. The van der Waals surface area contributed by atoms with Gasteiger partial charge in [0.25, 0.3) is 5.91 Å². The molecule has 2 rings (SSSR count). The molecule has 3 nitrogen and oxygen atoms in total. The Hall–Kier alpha value is -1.13. The summed E-state index contributed by atoms with van der Waals surface area (Å²) in [7, 11) is 0. The number of hydrogen-bond acceptors (Lipinski definition) is 3. The predicted molar refractivity (Wildman–Crippen MR) is 104 cm³/mol. The molecule has 1 N–H and O–H groups in total. The molecular weight excluding hydrogens is 316 g/mol. The number of hydrogen-bond donors (Lipinski definition) is 1. The molecule has 1 fully saturated rings. The number of piperidine rings is 1. The van der Waals surface area contributed by atoms with E-state index in [2.05, 4.69) is 50.1 Å². The van der Waals surface area contributed by atoms with Gasteiger partial charge in [-0.1, -0.05) is 31.9 Å². The molecule has 134 valence electrons. The SMILES string of the molecule is CCCc1sc(C(=O)NC2CCN(CC=C(C)C)CC2)cc1CC. The lowest BCUT2D eigenvalue weighted by atomic mass is 10.0. The van der Waals surface area contributed by atoms with Crippen LogP contribution in [0, 0.1) is 0 Å². The maximum atomic E-state index is 12.6. The summed E-state index contributed by atoms with van der Waals surface area (Å²) < 4.78 is 0. The van der Waals surface area contributed by atoms with Crippen LogP contribution in [-0.2, 0) is 12.8 Å². The van der Waals surface area contributed by atoms with E-state index in [4.69, 9.17) is 0 Å². The minimum atomic E-state index is 0.125. The molecule has 0 saturated carbocycles. The Morgan fingerprint density at radius 3 is 2.62 bits per heavy atom. The van der Waals surface area contributed by atoms with E-state index in [1.807, 2.05) is 0 Å². The standard InChI is InChI=1S/C20H32N2OS/c1-5-7-18-16(6-2)14-19(24-18)20(23)21-17-9-12-22(13-10-17)11-8-15(3)4/h8,14,17H,5-7,9-13H2,1-4H3,(H,21,23). The molecule has 24 heavy (non-hydrogen) atoms. The van der Waals surface area contributed by atoms with Crippen molar-refractivity contribution in [2.75, 3.05) is 19.6 Å². The first-order chi connectivity index (χ1) is 11.5. The number of aryl methyl sites for hydroxylation is 2. The van der Waals surface area contributed by atoms with Crippen LogP contribution in [0.15, 0.2) is 17.7 Å². The van der Waals surface area contributed by atoms with Gasteiger partial charge in [-0.3, -0.25) is 9.69 Å². The zero-order valence-corrected chi connectivity index (χ0v) is 16.5. The van der Waals surface area contributed by atoms with Crippen molar-refractivity contribution in [3.8, 4) is 0 Å². The molecule has 1 amide bonds. The quantitative estimate of drug-likeness (QED) is 0.740.